The topological polar surface area (TPSA) is 58.6 Å². The van der Waals surface area contributed by atoms with Gasteiger partial charge >= 0.3 is 0 Å². The van der Waals surface area contributed by atoms with E-state index in [1.165, 1.54) is 17.5 Å². The van der Waals surface area contributed by atoms with Crippen LogP contribution in [0.3, 0.4) is 0 Å². The van der Waals surface area contributed by atoms with Gasteiger partial charge in [-0.15, -0.1) is 0 Å². The number of nitrogens with zero attached hydrogens (tertiary/aromatic N) is 1. The van der Waals surface area contributed by atoms with Gasteiger partial charge in [0.1, 0.15) is 12.4 Å². The summed E-state index contributed by atoms with van der Waals surface area (Å²) in [5.74, 6) is 0.942. The predicted octanol–water partition coefficient (Wildman–Crippen LogP) is 3.11. The van der Waals surface area contributed by atoms with Gasteiger partial charge in [-0.25, -0.2) is 0 Å². The molecule has 0 saturated carbocycles. The summed E-state index contributed by atoms with van der Waals surface area (Å²) >= 11 is 0. The van der Waals surface area contributed by atoms with E-state index < -0.39 is 0 Å². The van der Waals surface area contributed by atoms with Crippen molar-refractivity contribution in [2.45, 2.75) is 38.6 Å². The summed E-state index contributed by atoms with van der Waals surface area (Å²) in [6.45, 7) is 2.26. The Balaban J connectivity index is 1.25. The van der Waals surface area contributed by atoms with E-state index in [0.717, 1.165) is 37.1 Å². The van der Waals surface area contributed by atoms with Crippen molar-refractivity contribution >= 4 is 11.8 Å². The van der Waals surface area contributed by atoms with Crippen LogP contribution in [0.25, 0.3) is 0 Å². The van der Waals surface area contributed by atoms with E-state index in [1.54, 1.807) is 6.07 Å². The normalized spacial score (nSPS) is 15.6. The maximum absolute atomic E-state index is 12.4. The van der Waals surface area contributed by atoms with Gasteiger partial charge in [-0.05, 0) is 66.6 Å². The summed E-state index contributed by atoms with van der Waals surface area (Å²) in [5.41, 5.74) is 4.41. The summed E-state index contributed by atoms with van der Waals surface area (Å²) < 4.78 is 5.78. The highest BCUT2D eigenvalue weighted by Crippen LogP contribution is 2.25. The number of amides is 2. The molecule has 0 atom stereocenters. The third-order valence-corrected chi connectivity index (χ3v) is 5.46. The highest BCUT2D eigenvalue weighted by atomic mass is 16.5. The molecule has 2 amide bonds. The molecule has 0 bridgehead atoms. The van der Waals surface area contributed by atoms with E-state index in [-0.39, 0.29) is 11.8 Å². The number of aryl methyl sites for hydroxylation is 2. The number of carbonyl (C=O) groups is 2. The Labute approximate surface area is 165 Å². The number of likely N-dealkylation sites (tertiary alicyclic amines) is 1. The lowest BCUT2D eigenvalue weighted by Gasteiger charge is -2.16. The molecule has 2 aromatic carbocycles. The summed E-state index contributed by atoms with van der Waals surface area (Å²) in [6, 6.07) is 13.8. The Hall–Kier alpha value is -2.82. The zero-order valence-corrected chi connectivity index (χ0v) is 16.1. The van der Waals surface area contributed by atoms with Crippen molar-refractivity contribution in [2.75, 3.05) is 19.7 Å². The third kappa shape index (κ3) is 4.35. The fourth-order valence-electron chi connectivity index (χ4n) is 3.98. The van der Waals surface area contributed by atoms with Crippen molar-refractivity contribution in [1.29, 1.82) is 0 Å². The number of hydrogen-bond acceptors (Lipinski definition) is 3. The van der Waals surface area contributed by atoms with Crippen molar-refractivity contribution in [3.05, 3.63) is 64.7 Å². The van der Waals surface area contributed by atoms with Gasteiger partial charge in [-0.1, -0.05) is 18.2 Å². The number of carbonyl (C=O) groups excluding carboxylic acids is 2. The number of hydrogen-bond donors (Lipinski definition) is 1. The lowest BCUT2D eigenvalue weighted by Crippen LogP contribution is -2.28. The number of rotatable bonds is 7. The van der Waals surface area contributed by atoms with Gasteiger partial charge in [0.05, 0.1) is 6.54 Å². The summed E-state index contributed by atoms with van der Waals surface area (Å²) in [5, 5.41) is 2.91. The number of nitrogens with one attached hydrogen (secondary N) is 1. The minimum Gasteiger partial charge on any atom is -0.492 e. The molecular formula is C23H26N2O3. The molecular weight excluding hydrogens is 352 g/mol. The fourth-order valence-corrected chi connectivity index (χ4v) is 3.98. The van der Waals surface area contributed by atoms with Crippen molar-refractivity contribution < 1.29 is 14.3 Å². The molecule has 146 valence electrons. The SMILES string of the molecule is O=C(NCCOc1ccc2c(c1)CCC2)c1cccc(CN2CCCC2=O)c1. The minimum atomic E-state index is -0.118. The zero-order chi connectivity index (χ0) is 19.3. The first-order valence-electron chi connectivity index (χ1n) is 10.1. The molecule has 1 heterocycles. The molecule has 0 unspecified atom stereocenters. The van der Waals surface area contributed by atoms with E-state index in [1.807, 2.05) is 29.2 Å². The van der Waals surface area contributed by atoms with Crippen LogP contribution in [0.2, 0.25) is 0 Å². The molecule has 0 radical (unpaired) electrons. The molecule has 1 N–H and O–H groups in total. The molecule has 4 rings (SSSR count). The van der Waals surface area contributed by atoms with Crippen molar-refractivity contribution in [1.82, 2.24) is 10.2 Å². The van der Waals surface area contributed by atoms with E-state index in [0.29, 0.717) is 31.7 Å². The number of benzene rings is 2. The van der Waals surface area contributed by atoms with E-state index >= 15 is 0 Å². The van der Waals surface area contributed by atoms with Crippen LogP contribution in [0.5, 0.6) is 5.75 Å². The molecule has 2 aliphatic rings. The second-order valence-corrected chi connectivity index (χ2v) is 7.51. The van der Waals surface area contributed by atoms with Crippen LogP contribution in [0.1, 0.15) is 46.3 Å². The summed E-state index contributed by atoms with van der Waals surface area (Å²) in [7, 11) is 0. The van der Waals surface area contributed by atoms with E-state index in [2.05, 4.69) is 17.4 Å². The zero-order valence-electron chi connectivity index (χ0n) is 16.1. The average molecular weight is 378 g/mol. The van der Waals surface area contributed by atoms with Crippen LogP contribution >= 0.6 is 0 Å². The van der Waals surface area contributed by atoms with Crippen molar-refractivity contribution in [3.8, 4) is 5.75 Å². The highest BCUT2D eigenvalue weighted by Gasteiger charge is 2.20. The van der Waals surface area contributed by atoms with Crippen molar-refractivity contribution in [3.63, 3.8) is 0 Å². The molecule has 1 aliphatic carbocycles. The van der Waals surface area contributed by atoms with E-state index in [4.69, 9.17) is 4.74 Å². The Morgan fingerprint density at radius 3 is 2.79 bits per heavy atom. The Morgan fingerprint density at radius 2 is 1.93 bits per heavy atom. The largest absolute Gasteiger partial charge is 0.492 e. The maximum Gasteiger partial charge on any atom is 0.251 e. The Kier molecular flexibility index (Phi) is 5.60. The first kappa shape index (κ1) is 18.5. The van der Waals surface area contributed by atoms with Gasteiger partial charge in [0.15, 0.2) is 0 Å². The van der Waals surface area contributed by atoms with Crippen LogP contribution in [-0.4, -0.2) is 36.4 Å². The third-order valence-electron chi connectivity index (χ3n) is 5.46. The molecule has 0 spiro atoms. The van der Waals surface area contributed by atoms with Gasteiger partial charge in [0.25, 0.3) is 5.91 Å². The summed E-state index contributed by atoms with van der Waals surface area (Å²) in [6.07, 6.45) is 5.06. The van der Waals surface area contributed by atoms with Crippen LogP contribution in [0.4, 0.5) is 0 Å². The Morgan fingerprint density at radius 1 is 1.04 bits per heavy atom. The lowest BCUT2D eigenvalue weighted by molar-refractivity contribution is -0.128. The monoisotopic (exact) mass is 378 g/mol. The van der Waals surface area contributed by atoms with Crippen LogP contribution in [0.15, 0.2) is 42.5 Å². The average Bonchev–Trinajstić information content (AvgIpc) is 3.34. The molecule has 1 aliphatic heterocycles. The van der Waals surface area contributed by atoms with Gasteiger partial charge in [0.2, 0.25) is 5.91 Å². The standard InChI is InChI=1S/C23H26N2O3/c26-22-8-3-12-25(22)16-17-4-1-7-20(14-17)23(27)24-11-13-28-21-10-9-18-5-2-6-19(18)15-21/h1,4,7,9-10,14-15H,2-3,5-6,8,11-13,16H2,(H,24,27). The lowest BCUT2D eigenvalue weighted by atomic mass is 10.1. The smallest absolute Gasteiger partial charge is 0.251 e. The van der Waals surface area contributed by atoms with Crippen molar-refractivity contribution in [2.24, 2.45) is 0 Å². The van der Waals surface area contributed by atoms with Gasteiger partial charge in [0, 0.05) is 25.1 Å². The molecule has 0 aromatic heterocycles. The quantitative estimate of drug-likeness (QED) is 0.753. The summed E-state index contributed by atoms with van der Waals surface area (Å²) in [4.78, 5) is 26.0. The highest BCUT2D eigenvalue weighted by molar-refractivity contribution is 5.94. The number of ether oxygens (including phenoxy) is 1. The number of fused-ring (bicyclic) bond motifs is 1. The van der Waals surface area contributed by atoms with Crippen LogP contribution < -0.4 is 10.1 Å². The van der Waals surface area contributed by atoms with E-state index in [9.17, 15) is 9.59 Å². The van der Waals surface area contributed by atoms with Gasteiger partial charge in [-0.2, -0.15) is 0 Å². The predicted molar refractivity (Wildman–Crippen MR) is 107 cm³/mol. The molecule has 5 nitrogen and oxygen atoms in total. The van der Waals surface area contributed by atoms with Crippen LogP contribution in [0, 0.1) is 0 Å². The second kappa shape index (κ2) is 8.46. The molecule has 1 saturated heterocycles. The Bertz CT molecular complexity index is 878. The van der Waals surface area contributed by atoms with Gasteiger partial charge < -0.3 is 15.0 Å². The molecule has 2 aromatic rings. The first-order chi connectivity index (χ1) is 13.7. The second-order valence-electron chi connectivity index (χ2n) is 7.51. The fraction of sp³-hybridized carbons (Fsp3) is 0.391. The van der Waals surface area contributed by atoms with Gasteiger partial charge in [-0.3, -0.25) is 9.59 Å². The molecule has 5 heteroatoms. The molecule has 1 fully saturated rings. The maximum atomic E-state index is 12.4. The first-order valence-corrected chi connectivity index (χ1v) is 10.1. The minimum absolute atomic E-state index is 0.118. The molecule has 28 heavy (non-hydrogen) atoms. The van der Waals surface area contributed by atoms with Crippen LogP contribution in [-0.2, 0) is 24.2 Å².